The summed E-state index contributed by atoms with van der Waals surface area (Å²) in [7, 11) is 1.59. The van der Waals surface area contributed by atoms with E-state index in [0.29, 0.717) is 6.61 Å². The first kappa shape index (κ1) is 24.7. The predicted molar refractivity (Wildman–Crippen MR) is 116 cm³/mol. The second-order valence-electron chi connectivity index (χ2n) is 7.24. The lowest BCUT2D eigenvalue weighted by Gasteiger charge is -2.45. The molecule has 0 bridgehead atoms. The van der Waals surface area contributed by atoms with E-state index in [4.69, 9.17) is 23.6 Å². The van der Waals surface area contributed by atoms with Gasteiger partial charge in [-0.05, 0) is 25.5 Å². The maximum Gasteiger partial charge on any atom is 0.303 e. The molecule has 2 rings (SSSR count). The number of thioether (sulfide) groups is 1. The fourth-order valence-corrected chi connectivity index (χ4v) is 4.35. The highest BCUT2D eigenvalue weighted by Gasteiger charge is 2.49. The molecule has 0 aliphatic carbocycles. The molecule has 5 atom stereocenters. The van der Waals surface area contributed by atoms with E-state index in [1.54, 1.807) is 8.05 Å². The Morgan fingerprint density at radius 3 is 2.37 bits per heavy atom. The van der Waals surface area contributed by atoms with Crippen LogP contribution in [0.15, 0.2) is 29.2 Å². The summed E-state index contributed by atoms with van der Waals surface area (Å²) in [5.41, 5.74) is 0.729. The SMILES string of the molecule is BOC1[C@@H](Sc2ccc(C)cc2)OC(COC(C)=O)[C@@H](OC(C)=O)[C@@H]1OCCCC. The van der Waals surface area contributed by atoms with Crippen LogP contribution in [0, 0.1) is 6.92 Å². The highest BCUT2D eigenvalue weighted by molar-refractivity contribution is 7.99. The average molecular weight is 438 g/mol. The van der Waals surface area contributed by atoms with E-state index in [0.717, 1.165) is 23.3 Å². The second-order valence-corrected chi connectivity index (χ2v) is 8.41. The minimum atomic E-state index is -0.751. The Bertz CT molecular complexity index is 684. The van der Waals surface area contributed by atoms with Crippen molar-refractivity contribution in [2.24, 2.45) is 0 Å². The average Bonchev–Trinajstić information content (AvgIpc) is 2.69. The molecule has 0 saturated carbocycles. The highest BCUT2D eigenvalue weighted by Crippen LogP contribution is 2.37. The first-order chi connectivity index (χ1) is 14.3. The molecule has 0 radical (unpaired) electrons. The molecule has 30 heavy (non-hydrogen) atoms. The monoisotopic (exact) mass is 438 g/mol. The topological polar surface area (TPSA) is 80.3 Å². The van der Waals surface area contributed by atoms with E-state index in [9.17, 15) is 9.59 Å². The number of hydrogen-bond donors (Lipinski definition) is 0. The lowest BCUT2D eigenvalue weighted by atomic mass is 9.98. The Balaban J connectivity index is 2.29. The summed E-state index contributed by atoms with van der Waals surface area (Å²) in [4.78, 5) is 24.2. The quantitative estimate of drug-likeness (QED) is 0.313. The number of benzene rings is 1. The van der Waals surface area contributed by atoms with Crippen molar-refractivity contribution in [1.82, 2.24) is 0 Å². The molecule has 1 aromatic carbocycles. The summed E-state index contributed by atoms with van der Waals surface area (Å²) in [5, 5.41) is 0. The molecule has 1 heterocycles. The minimum Gasteiger partial charge on any atom is -0.463 e. The van der Waals surface area contributed by atoms with Gasteiger partial charge in [-0.3, -0.25) is 9.59 Å². The Morgan fingerprint density at radius 1 is 1.10 bits per heavy atom. The van der Waals surface area contributed by atoms with Crippen molar-refractivity contribution in [3.05, 3.63) is 29.8 Å². The third-order valence-electron chi connectivity index (χ3n) is 4.70. The third kappa shape index (κ3) is 7.30. The maximum absolute atomic E-state index is 11.8. The minimum absolute atomic E-state index is 0.0394. The summed E-state index contributed by atoms with van der Waals surface area (Å²) in [6.07, 6.45) is -0.617. The molecule has 1 saturated heterocycles. The van der Waals surface area contributed by atoms with E-state index in [1.165, 1.54) is 25.6 Å². The Kier molecular flexibility index (Phi) is 10.2. The largest absolute Gasteiger partial charge is 0.463 e. The highest BCUT2D eigenvalue weighted by atomic mass is 32.2. The van der Waals surface area contributed by atoms with Gasteiger partial charge in [0.25, 0.3) is 8.05 Å². The summed E-state index contributed by atoms with van der Waals surface area (Å²) in [6.45, 7) is 7.23. The fourth-order valence-electron chi connectivity index (χ4n) is 3.19. The van der Waals surface area contributed by atoms with Gasteiger partial charge in [0.05, 0.1) is 0 Å². The van der Waals surface area contributed by atoms with Crippen molar-refractivity contribution in [3.63, 3.8) is 0 Å². The first-order valence-electron chi connectivity index (χ1n) is 10.2. The van der Waals surface area contributed by atoms with Gasteiger partial charge in [-0.2, -0.15) is 0 Å². The van der Waals surface area contributed by atoms with E-state index >= 15 is 0 Å². The number of hydrogen-bond acceptors (Lipinski definition) is 8. The summed E-state index contributed by atoms with van der Waals surface area (Å²) in [5.74, 6) is -0.889. The summed E-state index contributed by atoms with van der Waals surface area (Å²) in [6, 6.07) is 8.09. The molecule has 1 aliphatic heterocycles. The van der Waals surface area contributed by atoms with Crippen LogP contribution < -0.4 is 0 Å². The molecule has 9 heteroatoms. The summed E-state index contributed by atoms with van der Waals surface area (Å²) < 4.78 is 28.9. The van der Waals surface area contributed by atoms with Crippen LogP contribution in [0.1, 0.15) is 39.2 Å². The zero-order valence-corrected chi connectivity index (χ0v) is 19.1. The molecule has 1 aliphatic rings. The Morgan fingerprint density at radius 2 is 1.80 bits per heavy atom. The molecule has 1 fully saturated rings. The summed E-state index contributed by atoms with van der Waals surface area (Å²) >= 11 is 1.50. The molecule has 2 unspecified atom stereocenters. The zero-order chi connectivity index (χ0) is 22.1. The van der Waals surface area contributed by atoms with Crippen molar-refractivity contribution >= 4 is 31.7 Å². The van der Waals surface area contributed by atoms with Crippen molar-refractivity contribution in [2.45, 2.75) is 75.3 Å². The van der Waals surface area contributed by atoms with Gasteiger partial charge in [0, 0.05) is 25.3 Å². The normalized spacial score (nSPS) is 26.2. The van der Waals surface area contributed by atoms with Gasteiger partial charge in [-0.1, -0.05) is 42.8 Å². The van der Waals surface area contributed by atoms with Gasteiger partial charge in [0.15, 0.2) is 6.10 Å². The van der Waals surface area contributed by atoms with E-state index in [2.05, 4.69) is 6.92 Å². The smallest absolute Gasteiger partial charge is 0.303 e. The standard InChI is InChI=1S/C21H31BO7S/c1-5-6-11-25-19-18(27-15(4)24)17(12-26-14(3)23)28-21(20(19)29-22)30-16-9-7-13(2)8-10-16/h7-10,17-21H,5-6,11-12,22H2,1-4H3/t17?,18-,19+,20?,21-/m1/s1. The van der Waals surface area contributed by atoms with Crippen molar-refractivity contribution in [3.8, 4) is 0 Å². The number of carbonyl (C=O) groups excluding carboxylic acids is 2. The second kappa shape index (κ2) is 12.3. The molecule has 0 aromatic heterocycles. The molecule has 0 amide bonds. The van der Waals surface area contributed by atoms with E-state index in [1.807, 2.05) is 31.2 Å². The van der Waals surface area contributed by atoms with E-state index in [-0.39, 0.29) is 6.61 Å². The van der Waals surface area contributed by atoms with Crippen molar-refractivity contribution < 1.29 is 33.2 Å². The van der Waals surface area contributed by atoms with Gasteiger partial charge in [0.1, 0.15) is 30.4 Å². The Hall–Kier alpha value is -1.55. The lowest BCUT2D eigenvalue weighted by Crippen LogP contribution is -2.60. The molecule has 1 aromatic rings. The number of unbranched alkanes of at least 4 members (excludes halogenated alkanes) is 1. The van der Waals surface area contributed by atoms with Crippen LogP contribution in [0.5, 0.6) is 0 Å². The Labute approximate surface area is 183 Å². The molecule has 166 valence electrons. The molecular weight excluding hydrogens is 407 g/mol. The predicted octanol–water partition coefficient (Wildman–Crippen LogP) is 2.43. The van der Waals surface area contributed by atoms with Gasteiger partial charge in [-0.25, -0.2) is 0 Å². The van der Waals surface area contributed by atoms with Crippen LogP contribution in [-0.4, -0.2) is 63.1 Å². The van der Waals surface area contributed by atoms with Crippen molar-refractivity contribution in [1.29, 1.82) is 0 Å². The van der Waals surface area contributed by atoms with Crippen LogP contribution in [0.3, 0.4) is 0 Å². The third-order valence-corrected chi connectivity index (χ3v) is 5.85. The van der Waals surface area contributed by atoms with Crippen LogP contribution in [0.25, 0.3) is 0 Å². The maximum atomic E-state index is 11.8. The number of esters is 2. The lowest BCUT2D eigenvalue weighted by molar-refractivity contribution is -0.228. The molecular formula is C21H31BO7S. The van der Waals surface area contributed by atoms with E-state index < -0.39 is 41.8 Å². The van der Waals surface area contributed by atoms with Crippen LogP contribution in [0.2, 0.25) is 0 Å². The number of aryl methyl sites for hydroxylation is 1. The van der Waals surface area contributed by atoms with Crippen LogP contribution in [-0.2, 0) is 33.2 Å². The number of ether oxygens (including phenoxy) is 4. The first-order valence-corrected chi connectivity index (χ1v) is 11.1. The van der Waals surface area contributed by atoms with Crippen LogP contribution >= 0.6 is 11.8 Å². The fraction of sp³-hybridized carbons (Fsp3) is 0.619. The molecule has 0 spiro atoms. The van der Waals surface area contributed by atoms with Gasteiger partial charge in [0.2, 0.25) is 0 Å². The van der Waals surface area contributed by atoms with Gasteiger partial charge in [-0.15, -0.1) is 0 Å². The van der Waals surface area contributed by atoms with Gasteiger partial charge >= 0.3 is 11.9 Å². The van der Waals surface area contributed by atoms with Crippen LogP contribution in [0.4, 0.5) is 0 Å². The molecule has 0 N–H and O–H groups in total. The molecule has 7 nitrogen and oxygen atoms in total. The number of carbonyl (C=O) groups is 2. The van der Waals surface area contributed by atoms with Gasteiger partial charge < -0.3 is 23.6 Å². The number of rotatable bonds is 10. The zero-order valence-electron chi connectivity index (χ0n) is 18.3. The van der Waals surface area contributed by atoms with Crippen molar-refractivity contribution in [2.75, 3.05) is 13.2 Å².